The fraction of sp³-hybridized carbons (Fsp3) is 0.849. The van der Waals surface area contributed by atoms with Crippen LogP contribution >= 0.6 is 0 Å². The van der Waals surface area contributed by atoms with Gasteiger partial charge in [0.2, 0.25) is 11.8 Å². The van der Waals surface area contributed by atoms with Crippen molar-refractivity contribution in [3.63, 3.8) is 0 Å². The number of ketones is 1. The molecule has 0 bridgehead atoms. The lowest BCUT2D eigenvalue weighted by Crippen LogP contribution is -2.64. The van der Waals surface area contributed by atoms with Crippen LogP contribution in [0.25, 0.3) is 0 Å². The molecule has 14 N–H and O–H groups in total. The second kappa shape index (κ2) is 45.6. The Labute approximate surface area is 648 Å². The van der Waals surface area contributed by atoms with E-state index in [4.69, 9.17) is 33.2 Å². The van der Waals surface area contributed by atoms with Gasteiger partial charge in [-0.15, -0.1) is 20.4 Å². The number of Topliss-reactive ketones (excluding diaryl/α,β-unsaturated/α-hetero) is 1. The van der Waals surface area contributed by atoms with Crippen molar-refractivity contribution >= 4 is 17.6 Å². The average molecular weight is 1580 g/mol. The molecule has 38 nitrogen and oxygen atoms in total. The topological polar surface area (TPSA) is 512 Å². The molecule has 3 saturated heterocycles. The number of rotatable bonds is 49. The predicted molar refractivity (Wildman–Crippen MR) is 393 cm³/mol. The summed E-state index contributed by atoms with van der Waals surface area (Å²) in [6.45, 7) is 15.5. The summed E-state index contributed by atoms with van der Waals surface area (Å²) in [5, 5.41) is 164. The lowest BCUT2D eigenvalue weighted by atomic mass is 9.77. The fourth-order valence-electron chi connectivity index (χ4n) is 14.6. The molecule has 1 aliphatic carbocycles. The summed E-state index contributed by atoms with van der Waals surface area (Å²) in [6.07, 6.45) is 2.16. The third-order valence-corrected chi connectivity index (χ3v) is 21.3. The molecule has 4 aromatic heterocycles. The van der Waals surface area contributed by atoms with Gasteiger partial charge >= 0.3 is 0 Å². The van der Waals surface area contributed by atoms with Crippen LogP contribution in [0, 0.1) is 23.2 Å². The highest BCUT2D eigenvalue weighted by Crippen LogP contribution is 2.33. The number of hydrogen-bond donors (Lipinski definition) is 14. The molecule has 8 rings (SSSR count). The van der Waals surface area contributed by atoms with Crippen LogP contribution in [0.3, 0.4) is 0 Å². The van der Waals surface area contributed by atoms with Crippen LogP contribution < -0.4 is 10.6 Å². The zero-order chi connectivity index (χ0) is 80.3. The summed E-state index contributed by atoms with van der Waals surface area (Å²) in [4.78, 5) is 43.3. The van der Waals surface area contributed by atoms with Crippen LogP contribution in [0.5, 0.6) is 0 Å². The fourth-order valence-corrected chi connectivity index (χ4v) is 14.6. The van der Waals surface area contributed by atoms with Gasteiger partial charge in [0.15, 0.2) is 24.7 Å². The van der Waals surface area contributed by atoms with E-state index < -0.39 is 153 Å². The van der Waals surface area contributed by atoms with Gasteiger partial charge in [0, 0.05) is 147 Å². The maximum absolute atomic E-state index is 15.0. The van der Waals surface area contributed by atoms with E-state index in [0.717, 1.165) is 49.9 Å². The van der Waals surface area contributed by atoms with Crippen molar-refractivity contribution in [2.24, 2.45) is 23.2 Å². The first-order chi connectivity index (χ1) is 53.2. The summed E-state index contributed by atoms with van der Waals surface area (Å²) in [5.74, 6) is -2.06. The lowest BCUT2D eigenvalue weighted by Gasteiger charge is -2.42. The molecule has 2 amide bonds. The minimum absolute atomic E-state index is 0.0308. The van der Waals surface area contributed by atoms with Crippen molar-refractivity contribution in [1.29, 1.82) is 0 Å². The molecule has 111 heavy (non-hydrogen) atoms. The first-order valence-electron chi connectivity index (χ1n) is 39.6. The number of nitrogens with one attached hydrogen (secondary N) is 2. The molecule has 630 valence electrons. The van der Waals surface area contributed by atoms with Crippen molar-refractivity contribution in [3.8, 4) is 0 Å². The minimum Gasteiger partial charge on any atom is -0.396 e. The smallest absolute Gasteiger partial charge is 0.217 e. The van der Waals surface area contributed by atoms with E-state index in [-0.39, 0.29) is 50.7 Å². The molecule has 0 radical (unpaired) electrons. The van der Waals surface area contributed by atoms with E-state index in [1.54, 1.807) is 21.0 Å². The number of aromatic nitrogens is 12. The van der Waals surface area contributed by atoms with E-state index in [1.165, 1.54) is 13.8 Å². The number of amides is 2. The molecule has 1 saturated carbocycles. The summed E-state index contributed by atoms with van der Waals surface area (Å²) in [5.41, 5.74) is 2.00. The van der Waals surface area contributed by atoms with Gasteiger partial charge in [-0.2, -0.15) is 0 Å². The molecule has 21 atom stereocenters. The van der Waals surface area contributed by atoms with Gasteiger partial charge in [0.1, 0.15) is 60.9 Å². The van der Waals surface area contributed by atoms with Crippen molar-refractivity contribution in [3.05, 3.63) is 47.6 Å². The number of carbonyl (C=O) groups is 3. The van der Waals surface area contributed by atoms with Crippen LogP contribution in [0.4, 0.5) is 0 Å². The third-order valence-electron chi connectivity index (χ3n) is 21.3. The summed E-state index contributed by atoms with van der Waals surface area (Å²) < 4.78 is 48.3. The van der Waals surface area contributed by atoms with E-state index in [1.807, 2.05) is 57.2 Å². The lowest BCUT2D eigenvalue weighted by molar-refractivity contribution is -0.282. The molecule has 0 spiro atoms. The number of hydrogen-bond acceptors (Lipinski definition) is 32. The molecule has 4 fully saturated rings. The van der Waals surface area contributed by atoms with Crippen LogP contribution in [0.15, 0.2) is 24.8 Å². The number of carbonyl (C=O) groups excluding carboxylic acids is 3. The Balaban J connectivity index is 0.912. The van der Waals surface area contributed by atoms with Crippen LogP contribution in [0.2, 0.25) is 0 Å². The zero-order valence-corrected chi connectivity index (χ0v) is 65.5. The van der Waals surface area contributed by atoms with Gasteiger partial charge in [0.25, 0.3) is 0 Å². The molecule has 0 aromatic carbocycles. The molecule has 3 aliphatic heterocycles. The van der Waals surface area contributed by atoms with Crippen LogP contribution in [-0.2, 0) is 99.9 Å². The summed E-state index contributed by atoms with van der Waals surface area (Å²) in [6, 6.07) is -2.69. The Morgan fingerprint density at radius 2 is 0.838 bits per heavy atom. The highest BCUT2D eigenvalue weighted by Gasteiger charge is 2.48. The Morgan fingerprint density at radius 1 is 0.468 bits per heavy atom. The Hall–Kier alpha value is -5.67. The van der Waals surface area contributed by atoms with Gasteiger partial charge < -0.3 is 105 Å². The van der Waals surface area contributed by atoms with Crippen molar-refractivity contribution in [2.45, 2.75) is 314 Å². The van der Waals surface area contributed by atoms with Crippen molar-refractivity contribution in [1.82, 2.24) is 80.4 Å². The predicted octanol–water partition coefficient (Wildman–Crippen LogP) is -1.64. The summed E-state index contributed by atoms with van der Waals surface area (Å²) >= 11 is 0. The maximum atomic E-state index is 15.0. The number of unbranched alkanes of at least 4 members (excludes halogenated alkanes) is 9. The highest BCUT2D eigenvalue weighted by atomic mass is 16.7. The van der Waals surface area contributed by atoms with E-state index in [9.17, 15) is 70.9 Å². The Bertz CT molecular complexity index is 3330. The largest absolute Gasteiger partial charge is 0.396 e. The monoisotopic (exact) mass is 1580 g/mol. The maximum Gasteiger partial charge on any atom is 0.217 e. The summed E-state index contributed by atoms with van der Waals surface area (Å²) in [7, 11) is 0. The van der Waals surface area contributed by atoms with E-state index in [0.29, 0.717) is 135 Å². The first-order valence-corrected chi connectivity index (χ1v) is 39.6. The second-order valence-corrected chi connectivity index (χ2v) is 31.3. The SMILES string of the molecule is CC(=O)N[C@H]1[C@H](OCCCCCn2cc(CN(CCCCC(C(=O)C(C)(C)C)N(Cc3cn(CCCCCO[C@@H]4O[C@H](CO)[C@H](O)[C@H](O)[C@H]4C)nn3)Cc3cn(CCCCCO[C@@H]4O[C@H](CO)[C@H](O)[C@H](O)[C@H]4NC(C)=O)nn3)Cc3cn(CCCCCO[C@@H]4C[C@H](CO)[C@H](O)[C@H](O)[C@H]4C)nn3)nn2)O[C@H](CO)[C@H](O)[C@@H]1O. The number of aliphatic hydroxyl groups excluding tert-OH is 12. The second-order valence-electron chi connectivity index (χ2n) is 31.3. The van der Waals surface area contributed by atoms with Gasteiger partial charge in [-0.3, -0.25) is 42.9 Å². The molecular weight excluding hydrogens is 1450 g/mol. The molecule has 38 heteroatoms. The molecule has 4 aliphatic rings. The van der Waals surface area contributed by atoms with Crippen molar-refractivity contribution in [2.75, 3.05) is 59.4 Å². The standard InChI is InChI=1S/C73H126N16O22/c1-45-55(32-49(41-90)63(98)61(45)96)105-28-18-8-13-24-86-37-50(76-80-86)33-84(34-51-38-87(81-77-51)25-15-10-20-30-107-71-59(74-47(3)94)67(102)65(100)57(43-92)110-71)23-17-12-22-54(69(104)73(5,6)7)85(35-52-39-88(82-78-52)26-14-9-19-29-106-70-46(2)62(97)64(99)56(42-91)109-70)36-53-40-89(83-79-53)27-16-11-21-31-108-72-60(75-48(4)95)68(103)66(101)58(44-93)111-72/h37-40,45-46,49,54-68,70-72,90-93,96-103H,8-36,41-44H2,1-7H3,(H,74,94)(H,75,95)/t45-,46+,49+,54?,55+,56+,57+,58+,59+,60+,61+,62+,63-,64-,65-,66-,67+,68+,70+,71+,72+/m0/s1. The van der Waals surface area contributed by atoms with Gasteiger partial charge in [-0.25, -0.2) is 0 Å². The minimum atomic E-state index is -1.43. The van der Waals surface area contributed by atoms with Gasteiger partial charge in [-0.05, 0) is 103 Å². The molecule has 7 heterocycles. The quantitative estimate of drug-likeness (QED) is 0.0221. The van der Waals surface area contributed by atoms with Crippen LogP contribution in [-0.4, -0.2) is 318 Å². The number of ether oxygens (including phenoxy) is 7. The first kappa shape index (κ1) is 90.9. The number of aryl methyl sites for hydroxylation is 4. The van der Waals surface area contributed by atoms with Crippen LogP contribution in [0.1, 0.15) is 174 Å². The Morgan fingerprint density at radius 3 is 1.23 bits per heavy atom. The average Bonchev–Trinajstić information content (AvgIpc) is 1.81. The van der Waals surface area contributed by atoms with Gasteiger partial charge in [0.05, 0.1) is 73.1 Å². The molecule has 4 aromatic rings. The normalized spacial score (nSPS) is 29.0. The Kier molecular flexibility index (Phi) is 37.3. The van der Waals surface area contributed by atoms with E-state index >= 15 is 4.79 Å². The van der Waals surface area contributed by atoms with Crippen molar-refractivity contribution < 1.29 is 109 Å². The number of aliphatic hydroxyl groups is 12. The molecule has 1 unspecified atom stereocenters. The van der Waals surface area contributed by atoms with E-state index in [2.05, 4.69) is 61.7 Å². The molecular formula is C73H126N16O22. The highest BCUT2D eigenvalue weighted by molar-refractivity contribution is 5.88. The third kappa shape index (κ3) is 27.5. The zero-order valence-electron chi connectivity index (χ0n) is 65.5. The van der Waals surface area contributed by atoms with Gasteiger partial charge in [-0.1, -0.05) is 61.9 Å². The number of nitrogens with zero attached hydrogens (tertiary/aromatic N) is 14.